The minimum atomic E-state index is -3.58. The van der Waals surface area contributed by atoms with E-state index in [4.69, 9.17) is 16.7 Å². The van der Waals surface area contributed by atoms with Crippen molar-refractivity contribution in [1.29, 1.82) is 0 Å². The first-order chi connectivity index (χ1) is 7.21. The molecule has 92 valence electrons. The Morgan fingerprint density at radius 1 is 1.50 bits per heavy atom. The van der Waals surface area contributed by atoms with Crippen molar-refractivity contribution < 1.29 is 13.5 Å². The number of aliphatic hydroxyl groups excluding tert-OH is 1. The van der Waals surface area contributed by atoms with Gasteiger partial charge < -0.3 is 5.11 Å². The molecular weight excluding hydrogens is 270 g/mol. The molecule has 1 heterocycles. The fourth-order valence-corrected chi connectivity index (χ4v) is 4.15. The van der Waals surface area contributed by atoms with Crippen LogP contribution >= 0.6 is 22.9 Å². The summed E-state index contributed by atoms with van der Waals surface area (Å²) in [7, 11) is -2.14. The molecule has 1 rings (SSSR count). The van der Waals surface area contributed by atoms with Crippen LogP contribution in [-0.2, 0) is 10.0 Å². The third-order valence-corrected chi connectivity index (χ3v) is 6.17. The maximum Gasteiger partial charge on any atom is 0.252 e. The number of thiophene rings is 1. The van der Waals surface area contributed by atoms with Crippen LogP contribution in [0.3, 0.4) is 0 Å². The molecule has 1 aromatic heterocycles. The molecule has 0 spiro atoms. The first-order valence-corrected chi connectivity index (χ1v) is 7.20. The molecule has 0 bridgehead atoms. The van der Waals surface area contributed by atoms with E-state index >= 15 is 0 Å². The summed E-state index contributed by atoms with van der Waals surface area (Å²) >= 11 is 6.71. The van der Waals surface area contributed by atoms with Crippen LogP contribution in [-0.4, -0.2) is 37.0 Å². The molecule has 0 amide bonds. The zero-order chi connectivity index (χ0) is 12.6. The van der Waals surface area contributed by atoms with Gasteiger partial charge in [0, 0.05) is 7.05 Å². The van der Waals surface area contributed by atoms with E-state index in [1.807, 2.05) is 0 Å². The Morgan fingerprint density at radius 3 is 2.44 bits per heavy atom. The van der Waals surface area contributed by atoms with Crippen molar-refractivity contribution in [1.82, 2.24) is 4.31 Å². The van der Waals surface area contributed by atoms with Crippen LogP contribution in [0.15, 0.2) is 16.3 Å². The SMILES string of the molecule is CN(C(C)(C)CO)S(=O)(=O)c1ccc(Cl)s1. The third-order valence-electron chi connectivity index (χ3n) is 2.40. The molecule has 0 saturated heterocycles. The van der Waals surface area contributed by atoms with Gasteiger partial charge in [0.05, 0.1) is 16.5 Å². The van der Waals surface area contributed by atoms with Crippen molar-refractivity contribution in [2.24, 2.45) is 0 Å². The van der Waals surface area contributed by atoms with Crippen LogP contribution in [0, 0.1) is 0 Å². The lowest BCUT2D eigenvalue weighted by Crippen LogP contribution is -2.47. The topological polar surface area (TPSA) is 57.6 Å². The second-order valence-corrected chi connectivity index (χ2v) is 7.91. The molecular formula is C9H14ClNO3S2. The molecule has 0 aliphatic rings. The van der Waals surface area contributed by atoms with E-state index < -0.39 is 15.6 Å². The first kappa shape index (κ1) is 13.9. The van der Waals surface area contributed by atoms with Gasteiger partial charge in [0.25, 0.3) is 10.0 Å². The molecule has 0 unspecified atom stereocenters. The van der Waals surface area contributed by atoms with Gasteiger partial charge in [-0.1, -0.05) is 11.6 Å². The number of halogens is 1. The monoisotopic (exact) mass is 283 g/mol. The highest BCUT2D eigenvalue weighted by Crippen LogP contribution is 2.30. The number of hydrogen-bond acceptors (Lipinski definition) is 4. The number of likely N-dealkylation sites (N-methyl/N-ethyl adjacent to an activating group) is 1. The van der Waals surface area contributed by atoms with Gasteiger partial charge >= 0.3 is 0 Å². The molecule has 0 radical (unpaired) electrons. The predicted octanol–water partition coefficient (Wildman–Crippen LogP) is 1.79. The van der Waals surface area contributed by atoms with Gasteiger partial charge in [-0.3, -0.25) is 0 Å². The van der Waals surface area contributed by atoms with E-state index in [0.29, 0.717) is 4.34 Å². The zero-order valence-electron chi connectivity index (χ0n) is 9.27. The molecule has 16 heavy (non-hydrogen) atoms. The first-order valence-electron chi connectivity index (χ1n) is 4.57. The maximum absolute atomic E-state index is 12.1. The standard InChI is InChI=1S/C9H14ClNO3S2/c1-9(2,6-12)11(3)16(13,14)8-5-4-7(10)15-8/h4-5,12H,6H2,1-3H3. The van der Waals surface area contributed by atoms with Crippen molar-refractivity contribution in [3.63, 3.8) is 0 Å². The van der Waals surface area contributed by atoms with Gasteiger partial charge in [-0.15, -0.1) is 11.3 Å². The Balaban J connectivity index is 3.13. The lowest BCUT2D eigenvalue weighted by Gasteiger charge is -2.32. The van der Waals surface area contributed by atoms with Gasteiger partial charge in [0.2, 0.25) is 0 Å². The molecule has 0 aromatic carbocycles. The quantitative estimate of drug-likeness (QED) is 0.917. The average Bonchev–Trinajstić information content (AvgIpc) is 2.64. The second kappa shape index (κ2) is 4.62. The van der Waals surface area contributed by atoms with Crippen molar-refractivity contribution in [3.8, 4) is 0 Å². The summed E-state index contributed by atoms with van der Waals surface area (Å²) in [6, 6.07) is 3.01. The van der Waals surface area contributed by atoms with E-state index in [1.165, 1.54) is 13.1 Å². The van der Waals surface area contributed by atoms with Gasteiger partial charge in [0.1, 0.15) is 4.21 Å². The van der Waals surface area contributed by atoms with Crippen molar-refractivity contribution in [3.05, 3.63) is 16.5 Å². The van der Waals surface area contributed by atoms with Gasteiger partial charge in [-0.25, -0.2) is 8.42 Å². The van der Waals surface area contributed by atoms with Crippen LogP contribution in [0.25, 0.3) is 0 Å². The Labute approximate surface area is 105 Å². The number of nitrogens with zero attached hydrogens (tertiary/aromatic N) is 1. The van der Waals surface area contributed by atoms with Gasteiger partial charge in [0.15, 0.2) is 0 Å². The predicted molar refractivity (Wildman–Crippen MR) is 65.4 cm³/mol. The highest BCUT2D eigenvalue weighted by molar-refractivity contribution is 7.91. The van der Waals surface area contributed by atoms with E-state index in [0.717, 1.165) is 15.6 Å². The molecule has 0 aliphatic heterocycles. The lowest BCUT2D eigenvalue weighted by atomic mass is 10.1. The van der Waals surface area contributed by atoms with E-state index in [9.17, 15) is 8.42 Å². The van der Waals surface area contributed by atoms with Crippen molar-refractivity contribution >= 4 is 33.0 Å². The Hall–Kier alpha value is -0.140. The van der Waals surface area contributed by atoms with Crippen LogP contribution in [0.1, 0.15) is 13.8 Å². The van der Waals surface area contributed by atoms with E-state index in [1.54, 1.807) is 19.9 Å². The average molecular weight is 284 g/mol. The molecule has 1 N–H and O–H groups in total. The van der Waals surface area contributed by atoms with Crippen LogP contribution in [0.4, 0.5) is 0 Å². The number of rotatable bonds is 4. The molecule has 0 aliphatic carbocycles. The lowest BCUT2D eigenvalue weighted by molar-refractivity contribution is 0.138. The summed E-state index contributed by atoms with van der Waals surface area (Å²) in [6.45, 7) is 3.06. The summed E-state index contributed by atoms with van der Waals surface area (Å²) < 4.78 is 26.0. The van der Waals surface area contributed by atoms with Gasteiger partial charge in [-0.05, 0) is 26.0 Å². The summed E-state index contributed by atoms with van der Waals surface area (Å²) in [5, 5.41) is 9.15. The molecule has 0 saturated carbocycles. The Kier molecular flexibility index (Phi) is 4.02. The summed E-state index contributed by atoms with van der Waals surface area (Å²) in [4.78, 5) is 0. The van der Waals surface area contributed by atoms with E-state index in [-0.39, 0.29) is 10.8 Å². The van der Waals surface area contributed by atoms with Crippen LogP contribution < -0.4 is 0 Å². The molecule has 0 atom stereocenters. The zero-order valence-corrected chi connectivity index (χ0v) is 11.7. The van der Waals surface area contributed by atoms with Gasteiger partial charge in [-0.2, -0.15) is 4.31 Å². The number of hydrogen-bond donors (Lipinski definition) is 1. The summed E-state index contributed by atoms with van der Waals surface area (Å²) in [5.41, 5.74) is -0.838. The van der Waals surface area contributed by atoms with Crippen molar-refractivity contribution in [2.75, 3.05) is 13.7 Å². The van der Waals surface area contributed by atoms with Crippen molar-refractivity contribution in [2.45, 2.75) is 23.6 Å². The minimum absolute atomic E-state index is 0.182. The smallest absolute Gasteiger partial charge is 0.252 e. The van der Waals surface area contributed by atoms with Crippen LogP contribution in [0.2, 0.25) is 4.34 Å². The summed E-state index contributed by atoms with van der Waals surface area (Å²) in [6.07, 6.45) is 0. The minimum Gasteiger partial charge on any atom is -0.394 e. The molecule has 0 fully saturated rings. The maximum atomic E-state index is 12.1. The number of sulfonamides is 1. The molecule has 4 nitrogen and oxygen atoms in total. The van der Waals surface area contributed by atoms with Crippen LogP contribution in [0.5, 0.6) is 0 Å². The normalized spacial score (nSPS) is 13.4. The molecule has 7 heteroatoms. The third kappa shape index (κ3) is 2.57. The largest absolute Gasteiger partial charge is 0.394 e. The Bertz CT molecular complexity index is 467. The highest BCUT2D eigenvalue weighted by Gasteiger charge is 2.34. The van der Waals surface area contributed by atoms with E-state index in [2.05, 4.69) is 0 Å². The second-order valence-electron chi connectivity index (χ2n) is 4.00. The number of aliphatic hydroxyl groups is 1. The summed E-state index contributed by atoms with van der Waals surface area (Å²) in [5.74, 6) is 0. The molecule has 1 aromatic rings. The highest BCUT2D eigenvalue weighted by atomic mass is 35.5. The fourth-order valence-electron chi connectivity index (χ4n) is 0.996. The Morgan fingerprint density at radius 2 is 2.06 bits per heavy atom. The fraction of sp³-hybridized carbons (Fsp3) is 0.556.